The number of aryl methyl sites for hydroxylation is 1. The Kier molecular flexibility index (Phi) is 9.63. The zero-order chi connectivity index (χ0) is 18.1. The number of hydrogen-bond donors (Lipinski definition) is 0. The average molecular weight is 374 g/mol. The van der Waals surface area contributed by atoms with E-state index in [1.807, 2.05) is 11.8 Å². The van der Waals surface area contributed by atoms with E-state index in [4.69, 9.17) is 11.6 Å². The van der Waals surface area contributed by atoms with Crippen LogP contribution < -0.4 is 0 Å². The summed E-state index contributed by atoms with van der Waals surface area (Å²) in [5.41, 5.74) is 0.654. The van der Waals surface area contributed by atoms with Crippen molar-refractivity contribution in [2.24, 2.45) is 0 Å². The number of hydrogen-bond acceptors (Lipinski definition) is 5. The van der Waals surface area contributed by atoms with Crippen LogP contribution in [0.5, 0.6) is 0 Å². The number of pyridine rings is 1. The lowest BCUT2D eigenvalue weighted by Gasteiger charge is -2.31. The highest BCUT2D eigenvalue weighted by molar-refractivity contribution is 7.99. The summed E-state index contributed by atoms with van der Waals surface area (Å²) in [5.74, 6) is 2.16. The van der Waals surface area contributed by atoms with E-state index in [1.165, 1.54) is 12.6 Å². The number of nitrogens with zero attached hydrogens (tertiary/aromatic N) is 3. The van der Waals surface area contributed by atoms with E-state index >= 15 is 0 Å². The minimum atomic E-state index is -0.483. The molecule has 5 nitrogen and oxygen atoms in total. The number of thioether (sulfide) groups is 1. The Bertz CT molecular complexity index is 529. The normalized spacial score (nSPS) is 12.8. The van der Waals surface area contributed by atoms with Crippen molar-refractivity contribution in [3.63, 3.8) is 0 Å². The Balaban J connectivity index is 2.30. The van der Waals surface area contributed by atoms with Gasteiger partial charge in [0, 0.05) is 18.3 Å². The van der Waals surface area contributed by atoms with Gasteiger partial charge in [0.15, 0.2) is 0 Å². The van der Waals surface area contributed by atoms with Crippen molar-refractivity contribution in [2.75, 3.05) is 18.1 Å². The van der Waals surface area contributed by atoms with Crippen LogP contribution in [0.15, 0.2) is 12.4 Å². The molecule has 0 radical (unpaired) electrons. The molecule has 0 saturated carbocycles. The molecule has 0 bridgehead atoms. The molecule has 24 heavy (non-hydrogen) atoms. The standard InChI is InChI=1S/C17H28ClN3O2S/c1-5-20(13(2)3)14(4)8-10-24-9-6-7-15-11-19-12-16(17(15)18)21(22)23/h11-14H,5-10H2,1-4H3. The van der Waals surface area contributed by atoms with Crippen molar-refractivity contribution >= 4 is 29.1 Å². The van der Waals surface area contributed by atoms with Crippen LogP contribution in [0.1, 0.15) is 46.1 Å². The van der Waals surface area contributed by atoms with Crippen molar-refractivity contribution in [1.82, 2.24) is 9.88 Å². The van der Waals surface area contributed by atoms with Gasteiger partial charge in [0.1, 0.15) is 11.2 Å². The number of aromatic nitrogens is 1. The number of halogens is 1. The zero-order valence-electron chi connectivity index (χ0n) is 15.0. The van der Waals surface area contributed by atoms with E-state index in [2.05, 4.69) is 37.6 Å². The Morgan fingerprint density at radius 1 is 1.33 bits per heavy atom. The highest BCUT2D eigenvalue weighted by Crippen LogP contribution is 2.27. The molecule has 1 rings (SSSR count). The molecule has 0 amide bonds. The molecule has 0 aliphatic carbocycles. The van der Waals surface area contributed by atoms with Crippen LogP contribution in [0, 0.1) is 10.1 Å². The maximum absolute atomic E-state index is 10.9. The number of nitro groups is 1. The van der Waals surface area contributed by atoms with E-state index in [1.54, 1.807) is 6.20 Å². The van der Waals surface area contributed by atoms with Crippen molar-refractivity contribution in [3.8, 4) is 0 Å². The molecule has 1 unspecified atom stereocenters. The summed E-state index contributed by atoms with van der Waals surface area (Å²) in [7, 11) is 0. The summed E-state index contributed by atoms with van der Waals surface area (Å²) < 4.78 is 0. The second kappa shape index (κ2) is 10.9. The van der Waals surface area contributed by atoms with Gasteiger partial charge >= 0.3 is 5.69 Å². The van der Waals surface area contributed by atoms with E-state index in [0.29, 0.717) is 12.1 Å². The van der Waals surface area contributed by atoms with Gasteiger partial charge in [-0.1, -0.05) is 18.5 Å². The highest BCUT2D eigenvalue weighted by Gasteiger charge is 2.16. The fraction of sp³-hybridized carbons (Fsp3) is 0.706. The van der Waals surface area contributed by atoms with E-state index in [9.17, 15) is 10.1 Å². The van der Waals surface area contributed by atoms with E-state index < -0.39 is 4.92 Å². The molecule has 0 fully saturated rings. The minimum Gasteiger partial charge on any atom is -0.299 e. The molecule has 0 saturated heterocycles. The van der Waals surface area contributed by atoms with E-state index in [-0.39, 0.29) is 10.7 Å². The number of rotatable bonds is 11. The SMILES string of the molecule is CCN(C(C)C)C(C)CCSCCCc1cncc([N+](=O)[O-])c1Cl. The summed E-state index contributed by atoms with van der Waals surface area (Å²) in [6, 6.07) is 1.18. The minimum absolute atomic E-state index is 0.107. The molecule has 0 spiro atoms. The first kappa shape index (κ1) is 21.2. The topological polar surface area (TPSA) is 59.3 Å². The van der Waals surface area contributed by atoms with Crippen LogP contribution in [0.3, 0.4) is 0 Å². The summed E-state index contributed by atoms with van der Waals surface area (Å²) in [5, 5.41) is 11.1. The second-order valence-corrected chi connectivity index (χ2v) is 7.77. The zero-order valence-corrected chi connectivity index (χ0v) is 16.6. The maximum Gasteiger partial charge on any atom is 0.306 e. The Morgan fingerprint density at radius 3 is 2.62 bits per heavy atom. The molecule has 1 atom stereocenters. The second-order valence-electron chi connectivity index (χ2n) is 6.17. The van der Waals surface area contributed by atoms with Crippen LogP contribution in [-0.4, -0.2) is 44.9 Å². The van der Waals surface area contributed by atoms with Gasteiger partial charge < -0.3 is 0 Å². The van der Waals surface area contributed by atoms with Gasteiger partial charge in [0.25, 0.3) is 0 Å². The Labute approximate surface area is 154 Å². The predicted molar refractivity (Wildman–Crippen MR) is 103 cm³/mol. The Hall–Kier alpha value is -0.850. The Morgan fingerprint density at radius 2 is 2.04 bits per heavy atom. The lowest BCUT2D eigenvalue weighted by atomic mass is 10.1. The predicted octanol–water partition coefficient (Wildman–Crippen LogP) is 4.82. The molecule has 0 N–H and O–H groups in total. The van der Waals surface area contributed by atoms with Gasteiger partial charge in [0.05, 0.1) is 4.92 Å². The van der Waals surface area contributed by atoms with Gasteiger partial charge in [-0.25, -0.2) is 0 Å². The van der Waals surface area contributed by atoms with Gasteiger partial charge in [-0.2, -0.15) is 11.8 Å². The van der Waals surface area contributed by atoms with Crippen LogP contribution in [0.25, 0.3) is 0 Å². The maximum atomic E-state index is 10.9. The molecule has 1 aromatic heterocycles. The summed E-state index contributed by atoms with van der Waals surface area (Å²) in [6.07, 6.45) is 5.68. The van der Waals surface area contributed by atoms with Crippen molar-refractivity contribution < 1.29 is 4.92 Å². The molecule has 0 aliphatic heterocycles. The molecule has 0 aromatic carbocycles. The van der Waals surface area contributed by atoms with Crippen LogP contribution in [-0.2, 0) is 6.42 Å². The smallest absolute Gasteiger partial charge is 0.299 e. The molecule has 0 aliphatic rings. The van der Waals surface area contributed by atoms with Gasteiger partial charge in [-0.15, -0.1) is 0 Å². The lowest BCUT2D eigenvalue weighted by molar-refractivity contribution is -0.385. The fourth-order valence-corrected chi connectivity index (χ4v) is 4.17. The summed E-state index contributed by atoms with van der Waals surface area (Å²) in [6.45, 7) is 10.1. The molecular weight excluding hydrogens is 346 g/mol. The fourth-order valence-electron chi connectivity index (χ4n) is 2.85. The largest absolute Gasteiger partial charge is 0.306 e. The van der Waals surface area contributed by atoms with Crippen molar-refractivity contribution in [2.45, 2.75) is 59.0 Å². The first-order valence-electron chi connectivity index (χ1n) is 8.48. The molecule has 7 heteroatoms. The lowest BCUT2D eigenvalue weighted by Crippen LogP contribution is -2.38. The van der Waals surface area contributed by atoms with Crippen molar-refractivity contribution in [1.29, 1.82) is 0 Å². The van der Waals surface area contributed by atoms with Gasteiger partial charge in [-0.3, -0.25) is 20.0 Å². The molecule has 1 aromatic rings. The third kappa shape index (κ3) is 6.57. The average Bonchev–Trinajstić information content (AvgIpc) is 2.52. The molecule has 1 heterocycles. The van der Waals surface area contributed by atoms with Crippen molar-refractivity contribution in [3.05, 3.63) is 33.1 Å². The highest BCUT2D eigenvalue weighted by atomic mass is 35.5. The van der Waals surface area contributed by atoms with Crippen LogP contribution in [0.2, 0.25) is 5.02 Å². The third-order valence-electron chi connectivity index (χ3n) is 4.14. The molecule has 136 valence electrons. The van der Waals surface area contributed by atoms with Gasteiger partial charge in [-0.05, 0) is 63.6 Å². The summed E-state index contributed by atoms with van der Waals surface area (Å²) in [4.78, 5) is 16.8. The quantitative estimate of drug-likeness (QED) is 0.316. The van der Waals surface area contributed by atoms with E-state index in [0.717, 1.165) is 36.5 Å². The first-order chi connectivity index (χ1) is 11.4. The third-order valence-corrected chi connectivity index (χ3v) is 5.68. The summed E-state index contributed by atoms with van der Waals surface area (Å²) >= 11 is 8.00. The van der Waals surface area contributed by atoms with Crippen LogP contribution in [0.4, 0.5) is 5.69 Å². The molecular formula is C17H28ClN3O2S. The monoisotopic (exact) mass is 373 g/mol. The first-order valence-corrected chi connectivity index (χ1v) is 10.0. The van der Waals surface area contributed by atoms with Crippen LogP contribution >= 0.6 is 23.4 Å². The van der Waals surface area contributed by atoms with Gasteiger partial charge in [0.2, 0.25) is 0 Å².